The standard InChI is InChI=1S/C13H20N2O/c1-9-5-6-11(10(2)8-9)13(15-14)12-4-3-7-16-12/h5-6,8,12-13,15H,3-4,7,14H2,1-2H3. The molecule has 3 heteroatoms. The molecule has 2 rings (SSSR count). The fourth-order valence-corrected chi connectivity index (χ4v) is 2.44. The molecule has 0 aliphatic carbocycles. The SMILES string of the molecule is Cc1ccc(C(NN)C2CCCO2)c(C)c1. The lowest BCUT2D eigenvalue weighted by Crippen LogP contribution is -2.36. The van der Waals surface area contributed by atoms with Crippen LogP contribution in [0.2, 0.25) is 0 Å². The van der Waals surface area contributed by atoms with Crippen molar-refractivity contribution < 1.29 is 4.74 Å². The molecule has 3 N–H and O–H groups in total. The van der Waals surface area contributed by atoms with Crippen LogP contribution in [0.25, 0.3) is 0 Å². The molecule has 16 heavy (non-hydrogen) atoms. The maximum atomic E-state index is 5.70. The van der Waals surface area contributed by atoms with E-state index in [-0.39, 0.29) is 12.1 Å². The predicted molar refractivity (Wildman–Crippen MR) is 65.0 cm³/mol. The number of nitrogens with two attached hydrogens (primary N) is 1. The molecule has 0 spiro atoms. The molecule has 1 heterocycles. The van der Waals surface area contributed by atoms with Crippen molar-refractivity contribution in [1.29, 1.82) is 0 Å². The van der Waals surface area contributed by atoms with E-state index in [4.69, 9.17) is 10.6 Å². The van der Waals surface area contributed by atoms with Crippen molar-refractivity contribution in [3.8, 4) is 0 Å². The highest BCUT2D eigenvalue weighted by Gasteiger charge is 2.27. The Balaban J connectivity index is 2.25. The summed E-state index contributed by atoms with van der Waals surface area (Å²) in [5.41, 5.74) is 6.70. The minimum atomic E-state index is 0.114. The third kappa shape index (κ3) is 2.26. The Labute approximate surface area is 97.0 Å². The number of aryl methyl sites for hydroxylation is 2. The first-order valence-corrected chi connectivity index (χ1v) is 5.87. The van der Waals surface area contributed by atoms with Gasteiger partial charge in [0.15, 0.2) is 0 Å². The van der Waals surface area contributed by atoms with E-state index in [9.17, 15) is 0 Å². The van der Waals surface area contributed by atoms with Crippen molar-refractivity contribution in [2.45, 2.75) is 38.8 Å². The van der Waals surface area contributed by atoms with E-state index in [1.807, 2.05) is 0 Å². The molecule has 1 aliphatic heterocycles. The zero-order valence-corrected chi connectivity index (χ0v) is 9.99. The zero-order valence-electron chi connectivity index (χ0n) is 9.99. The molecule has 2 atom stereocenters. The Bertz CT molecular complexity index is 359. The summed E-state index contributed by atoms with van der Waals surface area (Å²) in [5.74, 6) is 5.66. The molecule has 2 unspecified atom stereocenters. The molecular formula is C13H20N2O. The van der Waals surface area contributed by atoms with Crippen LogP contribution in [-0.2, 0) is 4.74 Å². The third-order valence-corrected chi connectivity index (χ3v) is 3.28. The van der Waals surface area contributed by atoms with Gasteiger partial charge in [0.25, 0.3) is 0 Å². The smallest absolute Gasteiger partial charge is 0.0783 e. The lowest BCUT2D eigenvalue weighted by molar-refractivity contribution is 0.0781. The summed E-state index contributed by atoms with van der Waals surface area (Å²) in [6.45, 7) is 5.09. The lowest BCUT2D eigenvalue weighted by Gasteiger charge is -2.24. The average Bonchev–Trinajstić information content (AvgIpc) is 2.75. The molecule has 0 saturated carbocycles. The van der Waals surface area contributed by atoms with Crippen molar-refractivity contribution in [3.63, 3.8) is 0 Å². The Kier molecular flexibility index (Phi) is 3.59. The number of hydrogen-bond donors (Lipinski definition) is 2. The van der Waals surface area contributed by atoms with Gasteiger partial charge in [-0.3, -0.25) is 11.3 Å². The van der Waals surface area contributed by atoms with Gasteiger partial charge in [-0.25, -0.2) is 0 Å². The van der Waals surface area contributed by atoms with E-state index in [0.29, 0.717) is 0 Å². The van der Waals surface area contributed by atoms with Gasteiger partial charge in [0.2, 0.25) is 0 Å². The van der Waals surface area contributed by atoms with Crippen LogP contribution >= 0.6 is 0 Å². The fraction of sp³-hybridized carbons (Fsp3) is 0.538. The average molecular weight is 220 g/mol. The molecule has 0 aromatic heterocycles. The number of ether oxygens (including phenoxy) is 1. The number of nitrogens with one attached hydrogen (secondary N) is 1. The van der Waals surface area contributed by atoms with Crippen molar-refractivity contribution in [1.82, 2.24) is 5.43 Å². The molecule has 1 aromatic rings. The van der Waals surface area contributed by atoms with Gasteiger partial charge in [0.05, 0.1) is 12.1 Å². The van der Waals surface area contributed by atoms with Crippen LogP contribution in [0.1, 0.15) is 35.6 Å². The van der Waals surface area contributed by atoms with E-state index >= 15 is 0 Å². The van der Waals surface area contributed by atoms with Crippen LogP contribution in [0.15, 0.2) is 18.2 Å². The molecule has 1 aliphatic rings. The van der Waals surface area contributed by atoms with E-state index in [1.54, 1.807) is 0 Å². The summed E-state index contributed by atoms with van der Waals surface area (Å²) in [7, 11) is 0. The fourth-order valence-electron chi connectivity index (χ4n) is 2.44. The van der Waals surface area contributed by atoms with Crippen LogP contribution in [0.4, 0.5) is 0 Å². The van der Waals surface area contributed by atoms with Gasteiger partial charge in [0.1, 0.15) is 0 Å². The Morgan fingerprint density at radius 1 is 1.44 bits per heavy atom. The topological polar surface area (TPSA) is 47.3 Å². The van der Waals surface area contributed by atoms with Gasteiger partial charge in [0, 0.05) is 6.61 Å². The molecule has 1 fully saturated rings. The second-order valence-electron chi connectivity index (χ2n) is 4.56. The first-order chi connectivity index (χ1) is 7.72. The minimum absolute atomic E-state index is 0.114. The molecule has 0 amide bonds. The van der Waals surface area contributed by atoms with Gasteiger partial charge in [-0.2, -0.15) is 0 Å². The van der Waals surface area contributed by atoms with Gasteiger partial charge < -0.3 is 4.74 Å². The van der Waals surface area contributed by atoms with Crippen LogP contribution in [0.5, 0.6) is 0 Å². The summed E-state index contributed by atoms with van der Waals surface area (Å²) in [6.07, 6.45) is 2.43. The largest absolute Gasteiger partial charge is 0.376 e. The van der Waals surface area contributed by atoms with Crippen LogP contribution in [0.3, 0.4) is 0 Å². The molecule has 1 saturated heterocycles. The number of hydrogen-bond acceptors (Lipinski definition) is 3. The number of rotatable bonds is 3. The molecule has 0 bridgehead atoms. The first-order valence-electron chi connectivity index (χ1n) is 5.87. The lowest BCUT2D eigenvalue weighted by atomic mass is 9.95. The minimum Gasteiger partial charge on any atom is -0.376 e. The van der Waals surface area contributed by atoms with E-state index in [1.165, 1.54) is 16.7 Å². The van der Waals surface area contributed by atoms with Gasteiger partial charge in [-0.1, -0.05) is 23.8 Å². The van der Waals surface area contributed by atoms with Crippen molar-refractivity contribution in [2.75, 3.05) is 6.61 Å². The van der Waals surface area contributed by atoms with Gasteiger partial charge in [-0.15, -0.1) is 0 Å². The van der Waals surface area contributed by atoms with E-state index in [2.05, 4.69) is 37.5 Å². The van der Waals surface area contributed by atoms with Gasteiger partial charge in [-0.05, 0) is 37.8 Å². The monoisotopic (exact) mass is 220 g/mol. The van der Waals surface area contributed by atoms with Gasteiger partial charge >= 0.3 is 0 Å². The van der Waals surface area contributed by atoms with Crippen LogP contribution in [0, 0.1) is 13.8 Å². The third-order valence-electron chi connectivity index (χ3n) is 3.28. The summed E-state index contributed by atoms with van der Waals surface area (Å²) >= 11 is 0. The summed E-state index contributed by atoms with van der Waals surface area (Å²) in [4.78, 5) is 0. The normalized spacial score (nSPS) is 22.3. The molecule has 0 radical (unpaired) electrons. The van der Waals surface area contributed by atoms with Crippen molar-refractivity contribution in [3.05, 3.63) is 34.9 Å². The highest BCUT2D eigenvalue weighted by molar-refractivity contribution is 5.33. The molecule has 1 aromatic carbocycles. The highest BCUT2D eigenvalue weighted by Crippen LogP contribution is 2.28. The number of benzene rings is 1. The van der Waals surface area contributed by atoms with Crippen molar-refractivity contribution >= 4 is 0 Å². The maximum Gasteiger partial charge on any atom is 0.0783 e. The Morgan fingerprint density at radius 3 is 2.81 bits per heavy atom. The quantitative estimate of drug-likeness (QED) is 0.605. The van der Waals surface area contributed by atoms with Crippen LogP contribution in [-0.4, -0.2) is 12.7 Å². The summed E-state index contributed by atoms with van der Waals surface area (Å²) < 4.78 is 5.70. The second-order valence-corrected chi connectivity index (χ2v) is 4.56. The molecule has 88 valence electrons. The zero-order chi connectivity index (χ0) is 11.5. The van der Waals surface area contributed by atoms with E-state index in [0.717, 1.165) is 19.4 Å². The first kappa shape index (κ1) is 11.6. The van der Waals surface area contributed by atoms with Crippen LogP contribution < -0.4 is 11.3 Å². The molecule has 3 nitrogen and oxygen atoms in total. The molecular weight excluding hydrogens is 200 g/mol. The summed E-state index contributed by atoms with van der Waals surface area (Å²) in [6, 6.07) is 6.58. The maximum absolute atomic E-state index is 5.70. The number of hydrazine groups is 1. The summed E-state index contributed by atoms with van der Waals surface area (Å²) in [5, 5.41) is 0. The predicted octanol–water partition coefficient (Wildman–Crippen LogP) is 1.99. The van der Waals surface area contributed by atoms with Crippen molar-refractivity contribution in [2.24, 2.45) is 5.84 Å². The Morgan fingerprint density at radius 2 is 2.25 bits per heavy atom. The second kappa shape index (κ2) is 4.95. The highest BCUT2D eigenvalue weighted by atomic mass is 16.5. The Hall–Kier alpha value is -0.900. The van der Waals surface area contributed by atoms with E-state index < -0.39 is 0 Å².